The molecule has 0 aliphatic rings. The van der Waals surface area contributed by atoms with E-state index in [0.29, 0.717) is 12.5 Å². The summed E-state index contributed by atoms with van der Waals surface area (Å²) in [4.78, 5) is 0. The van der Waals surface area contributed by atoms with Gasteiger partial charge in [0.05, 0.1) is 6.67 Å². The molecule has 0 saturated carbocycles. The van der Waals surface area contributed by atoms with Gasteiger partial charge in [-0.3, -0.25) is 4.39 Å². The van der Waals surface area contributed by atoms with Crippen LogP contribution >= 0.6 is 0 Å². The number of rotatable bonds is 16. The van der Waals surface area contributed by atoms with Crippen LogP contribution in [-0.2, 0) is 0 Å². The van der Waals surface area contributed by atoms with Gasteiger partial charge in [0.1, 0.15) is 0 Å². The lowest BCUT2D eigenvalue weighted by Gasteiger charge is -2.13. The van der Waals surface area contributed by atoms with Gasteiger partial charge in [-0.1, -0.05) is 77.6 Å². The molecule has 0 spiro atoms. The molecular weight excluding hydrogens is 251 g/mol. The minimum absolute atomic E-state index is 0.162. The van der Waals surface area contributed by atoms with Gasteiger partial charge >= 0.3 is 0 Å². The lowest BCUT2D eigenvalue weighted by atomic mass is 9.95. The van der Waals surface area contributed by atoms with Gasteiger partial charge in [0.15, 0.2) is 0 Å². The minimum Gasteiger partial charge on any atom is -0.396 e. The van der Waals surface area contributed by atoms with E-state index in [2.05, 4.69) is 6.92 Å². The van der Waals surface area contributed by atoms with Gasteiger partial charge in [-0.05, 0) is 25.2 Å². The minimum atomic E-state index is -0.162. The Labute approximate surface area is 126 Å². The second-order valence-electron chi connectivity index (χ2n) is 6.20. The van der Waals surface area contributed by atoms with Crippen molar-refractivity contribution in [3.05, 3.63) is 0 Å². The van der Waals surface area contributed by atoms with Gasteiger partial charge in [-0.25, -0.2) is 0 Å². The van der Waals surface area contributed by atoms with E-state index in [1.54, 1.807) is 0 Å². The molecule has 0 aromatic rings. The molecule has 1 atom stereocenters. The van der Waals surface area contributed by atoms with Crippen molar-refractivity contribution in [3.8, 4) is 0 Å². The molecule has 0 rings (SSSR count). The summed E-state index contributed by atoms with van der Waals surface area (Å²) in [6, 6.07) is 0. The Kier molecular flexibility index (Phi) is 16.8. The van der Waals surface area contributed by atoms with E-state index >= 15 is 0 Å². The van der Waals surface area contributed by atoms with Crippen molar-refractivity contribution in [2.75, 3.05) is 13.3 Å². The molecule has 0 aromatic carbocycles. The molecule has 0 amide bonds. The van der Waals surface area contributed by atoms with Crippen molar-refractivity contribution in [2.45, 2.75) is 96.8 Å². The molecule has 122 valence electrons. The predicted octanol–water partition coefficient (Wildman–Crippen LogP) is 6.05. The number of halogens is 1. The summed E-state index contributed by atoms with van der Waals surface area (Å²) in [5, 5.41) is 9.40. The zero-order chi connectivity index (χ0) is 14.9. The third kappa shape index (κ3) is 14.3. The van der Waals surface area contributed by atoms with E-state index in [4.69, 9.17) is 0 Å². The predicted molar refractivity (Wildman–Crippen MR) is 86.9 cm³/mol. The maximum atomic E-state index is 11.9. The van der Waals surface area contributed by atoms with E-state index in [9.17, 15) is 9.50 Å². The summed E-state index contributed by atoms with van der Waals surface area (Å²) < 4.78 is 11.9. The van der Waals surface area contributed by atoms with Crippen molar-refractivity contribution in [3.63, 3.8) is 0 Å². The number of hydrogen-bond acceptors (Lipinski definition) is 1. The summed E-state index contributed by atoms with van der Waals surface area (Å²) in [5.74, 6) is 0.520. The summed E-state index contributed by atoms with van der Waals surface area (Å²) >= 11 is 0. The Morgan fingerprint density at radius 3 is 1.60 bits per heavy atom. The third-order valence-corrected chi connectivity index (χ3v) is 4.22. The maximum absolute atomic E-state index is 11.9. The number of aliphatic hydroxyl groups excluding tert-OH is 1. The third-order valence-electron chi connectivity index (χ3n) is 4.22. The number of unbranched alkanes of at least 4 members (excludes halogenated alkanes) is 10. The first-order chi connectivity index (χ1) is 9.85. The highest BCUT2D eigenvalue weighted by atomic mass is 19.1. The lowest BCUT2D eigenvalue weighted by molar-refractivity contribution is 0.204. The molecule has 0 aliphatic carbocycles. The molecule has 0 radical (unpaired) electrons. The Hall–Kier alpha value is -0.110. The highest BCUT2D eigenvalue weighted by molar-refractivity contribution is 4.59. The van der Waals surface area contributed by atoms with Crippen LogP contribution < -0.4 is 0 Å². The van der Waals surface area contributed by atoms with E-state index in [1.165, 1.54) is 77.0 Å². The van der Waals surface area contributed by atoms with Gasteiger partial charge < -0.3 is 5.11 Å². The first-order valence-electron chi connectivity index (χ1n) is 9.02. The first-order valence-corrected chi connectivity index (χ1v) is 9.02. The molecule has 0 aliphatic heterocycles. The SMILES string of the molecule is CCCCCCCCC(CO)CCCCCCCCF. The van der Waals surface area contributed by atoms with E-state index in [-0.39, 0.29) is 6.67 Å². The van der Waals surface area contributed by atoms with Crippen LogP contribution in [0.4, 0.5) is 4.39 Å². The van der Waals surface area contributed by atoms with E-state index in [1.807, 2.05) is 0 Å². The average Bonchev–Trinajstić information content (AvgIpc) is 2.47. The molecule has 0 bridgehead atoms. The Bertz CT molecular complexity index is 173. The summed E-state index contributed by atoms with van der Waals surface area (Å²) in [5.41, 5.74) is 0. The van der Waals surface area contributed by atoms with E-state index < -0.39 is 0 Å². The van der Waals surface area contributed by atoms with Gasteiger partial charge in [-0.2, -0.15) is 0 Å². The molecule has 2 heteroatoms. The number of hydrogen-bond donors (Lipinski definition) is 1. The fourth-order valence-electron chi connectivity index (χ4n) is 2.77. The molecule has 1 nitrogen and oxygen atoms in total. The first kappa shape index (κ1) is 19.9. The largest absolute Gasteiger partial charge is 0.396 e. The van der Waals surface area contributed by atoms with Crippen LogP contribution in [0.1, 0.15) is 96.8 Å². The standard InChI is InChI=1S/C18H37FO/c1-2-3-4-5-8-11-14-18(17-20)15-12-9-6-7-10-13-16-19/h18,20H,2-17H2,1H3. The van der Waals surface area contributed by atoms with E-state index in [0.717, 1.165) is 12.8 Å². The highest BCUT2D eigenvalue weighted by Gasteiger charge is 2.06. The average molecular weight is 288 g/mol. The zero-order valence-corrected chi connectivity index (χ0v) is 13.7. The monoisotopic (exact) mass is 288 g/mol. The van der Waals surface area contributed by atoms with Crippen molar-refractivity contribution in [1.29, 1.82) is 0 Å². The van der Waals surface area contributed by atoms with Crippen molar-refractivity contribution in [1.82, 2.24) is 0 Å². The normalized spacial score (nSPS) is 12.8. The topological polar surface area (TPSA) is 20.2 Å². The molecule has 1 N–H and O–H groups in total. The Morgan fingerprint density at radius 2 is 1.15 bits per heavy atom. The van der Waals surface area contributed by atoms with Crippen molar-refractivity contribution in [2.24, 2.45) is 5.92 Å². The Balaban J connectivity index is 3.29. The van der Waals surface area contributed by atoms with Crippen LogP contribution in [0.3, 0.4) is 0 Å². The fraction of sp³-hybridized carbons (Fsp3) is 1.00. The van der Waals surface area contributed by atoms with Gasteiger partial charge in [0.25, 0.3) is 0 Å². The summed E-state index contributed by atoms with van der Waals surface area (Å²) in [7, 11) is 0. The molecule has 0 heterocycles. The van der Waals surface area contributed by atoms with Crippen LogP contribution in [0, 0.1) is 5.92 Å². The zero-order valence-electron chi connectivity index (χ0n) is 13.7. The number of alkyl halides is 1. The van der Waals surface area contributed by atoms with Crippen LogP contribution in [0.5, 0.6) is 0 Å². The molecule has 0 saturated heterocycles. The maximum Gasteiger partial charge on any atom is 0.0894 e. The van der Waals surface area contributed by atoms with Crippen LogP contribution in [0.2, 0.25) is 0 Å². The van der Waals surface area contributed by atoms with Crippen LogP contribution in [0.15, 0.2) is 0 Å². The highest BCUT2D eigenvalue weighted by Crippen LogP contribution is 2.18. The second-order valence-corrected chi connectivity index (χ2v) is 6.20. The van der Waals surface area contributed by atoms with Crippen molar-refractivity contribution < 1.29 is 9.50 Å². The fourth-order valence-corrected chi connectivity index (χ4v) is 2.77. The second kappa shape index (κ2) is 16.9. The quantitative estimate of drug-likeness (QED) is 0.343. The smallest absolute Gasteiger partial charge is 0.0894 e. The van der Waals surface area contributed by atoms with Crippen LogP contribution in [-0.4, -0.2) is 18.4 Å². The van der Waals surface area contributed by atoms with Gasteiger partial charge in [0, 0.05) is 6.61 Å². The van der Waals surface area contributed by atoms with Crippen molar-refractivity contribution >= 4 is 0 Å². The Morgan fingerprint density at radius 1 is 0.700 bits per heavy atom. The lowest BCUT2D eigenvalue weighted by Crippen LogP contribution is -2.06. The number of aliphatic hydroxyl groups is 1. The molecule has 1 unspecified atom stereocenters. The molecule has 0 aromatic heterocycles. The summed E-state index contributed by atoms with van der Waals surface area (Å²) in [6.07, 6.45) is 17.1. The summed E-state index contributed by atoms with van der Waals surface area (Å²) in [6.45, 7) is 2.45. The van der Waals surface area contributed by atoms with Crippen LogP contribution in [0.25, 0.3) is 0 Å². The van der Waals surface area contributed by atoms with Gasteiger partial charge in [-0.15, -0.1) is 0 Å². The molecule has 20 heavy (non-hydrogen) atoms. The molecule has 0 fully saturated rings. The van der Waals surface area contributed by atoms with Gasteiger partial charge in [0.2, 0.25) is 0 Å². The molecular formula is C18H37FO.